The van der Waals surface area contributed by atoms with E-state index >= 15 is 0 Å². The van der Waals surface area contributed by atoms with Crippen LogP contribution in [0.5, 0.6) is 0 Å². The van der Waals surface area contributed by atoms with Gasteiger partial charge in [0.2, 0.25) is 0 Å². The van der Waals surface area contributed by atoms with Gasteiger partial charge in [0.15, 0.2) is 5.71 Å². The van der Waals surface area contributed by atoms with E-state index in [9.17, 15) is 17.6 Å². The van der Waals surface area contributed by atoms with Gasteiger partial charge in [0, 0.05) is 0 Å². The van der Waals surface area contributed by atoms with E-state index in [0.717, 1.165) is 0 Å². The summed E-state index contributed by atoms with van der Waals surface area (Å²) in [5.74, 6) is -1.76. The van der Waals surface area contributed by atoms with Gasteiger partial charge in [-0.1, -0.05) is 6.58 Å². The second-order valence-corrected chi connectivity index (χ2v) is 1.28. The summed E-state index contributed by atoms with van der Waals surface area (Å²) >= 11 is 0. The maximum Gasteiger partial charge on any atom is 0.435 e. The van der Waals surface area contributed by atoms with Gasteiger partial charge in [-0.2, -0.15) is 13.2 Å². The van der Waals surface area contributed by atoms with E-state index in [1.165, 1.54) is 0 Å². The van der Waals surface area contributed by atoms with Crippen LogP contribution >= 0.6 is 0 Å². The summed E-state index contributed by atoms with van der Waals surface area (Å²) in [6.45, 7) is 2.31. The van der Waals surface area contributed by atoms with Gasteiger partial charge in [-0.05, 0) is 0 Å². The summed E-state index contributed by atoms with van der Waals surface area (Å²) in [5.41, 5.74) is -2.03. The van der Waals surface area contributed by atoms with E-state index in [2.05, 4.69) is 6.58 Å². The molecule has 0 atom stereocenters. The molecule has 0 saturated heterocycles. The van der Waals surface area contributed by atoms with Crippen molar-refractivity contribution < 1.29 is 17.6 Å². The van der Waals surface area contributed by atoms with E-state index in [4.69, 9.17) is 5.41 Å². The number of hydrogen-bond donors (Lipinski definition) is 1. The van der Waals surface area contributed by atoms with Crippen LogP contribution in [0.4, 0.5) is 17.6 Å². The number of allylic oxidation sites excluding steroid dienone is 1. The largest absolute Gasteiger partial charge is 0.435 e. The van der Waals surface area contributed by atoms with E-state index in [-0.39, 0.29) is 0 Å². The monoisotopic (exact) mass is 141 g/mol. The van der Waals surface area contributed by atoms with Crippen molar-refractivity contribution in [1.29, 1.82) is 5.41 Å². The standard InChI is InChI=1S/C4H3F4N/c1-2(5)3(9)4(6,7)8/h9H,1H2. The first kappa shape index (κ1) is 8.13. The zero-order valence-electron chi connectivity index (χ0n) is 4.22. The molecular formula is C4H3F4N. The summed E-state index contributed by atoms with van der Waals surface area (Å²) in [5, 5.41) is 6.00. The molecule has 0 aliphatic rings. The Labute approximate surface area is 48.5 Å². The smallest absolute Gasteiger partial charge is 0.294 e. The van der Waals surface area contributed by atoms with Gasteiger partial charge in [0.25, 0.3) is 0 Å². The van der Waals surface area contributed by atoms with Crippen LogP contribution in [0.2, 0.25) is 0 Å². The van der Waals surface area contributed by atoms with Gasteiger partial charge < -0.3 is 0 Å². The fraction of sp³-hybridized carbons (Fsp3) is 0.250. The fourth-order valence-electron chi connectivity index (χ4n) is 0.154. The highest BCUT2D eigenvalue weighted by molar-refractivity contribution is 5.99. The molecule has 0 amide bonds. The summed E-state index contributed by atoms with van der Waals surface area (Å²) in [7, 11) is 0. The highest BCUT2D eigenvalue weighted by Crippen LogP contribution is 2.20. The Morgan fingerprint density at radius 3 is 1.67 bits per heavy atom. The summed E-state index contributed by atoms with van der Waals surface area (Å²) in [4.78, 5) is 0. The minimum atomic E-state index is -4.91. The van der Waals surface area contributed by atoms with E-state index in [0.29, 0.717) is 0 Å². The van der Waals surface area contributed by atoms with Crippen LogP contribution in [0, 0.1) is 5.41 Å². The third kappa shape index (κ3) is 2.25. The molecule has 0 fully saturated rings. The molecule has 0 aliphatic carbocycles. The predicted molar refractivity (Wildman–Crippen MR) is 24.0 cm³/mol. The Balaban J connectivity index is 4.23. The van der Waals surface area contributed by atoms with Crippen LogP contribution in [0.1, 0.15) is 0 Å². The molecule has 9 heavy (non-hydrogen) atoms. The lowest BCUT2D eigenvalue weighted by Gasteiger charge is -2.02. The maximum absolute atomic E-state index is 11.5. The lowest BCUT2D eigenvalue weighted by Crippen LogP contribution is -2.21. The van der Waals surface area contributed by atoms with Crippen molar-refractivity contribution in [3.8, 4) is 0 Å². The second-order valence-electron chi connectivity index (χ2n) is 1.28. The lowest BCUT2D eigenvalue weighted by atomic mass is 10.3. The molecule has 0 heterocycles. The molecule has 0 aromatic heterocycles. The Kier molecular flexibility index (Phi) is 1.95. The Hall–Kier alpha value is -0.870. The van der Waals surface area contributed by atoms with Crippen LogP contribution in [0.25, 0.3) is 0 Å². The van der Waals surface area contributed by atoms with Crippen molar-refractivity contribution in [2.24, 2.45) is 0 Å². The second kappa shape index (κ2) is 2.16. The van der Waals surface area contributed by atoms with Gasteiger partial charge in [-0.25, -0.2) is 4.39 Å². The first-order valence-electron chi connectivity index (χ1n) is 1.86. The van der Waals surface area contributed by atoms with Crippen molar-refractivity contribution >= 4 is 5.71 Å². The fourth-order valence-corrected chi connectivity index (χ4v) is 0.154. The van der Waals surface area contributed by atoms with Crippen LogP contribution in [0.15, 0.2) is 12.4 Å². The van der Waals surface area contributed by atoms with E-state index in [1.807, 2.05) is 0 Å². The molecule has 0 radical (unpaired) electrons. The molecule has 0 aliphatic heterocycles. The Morgan fingerprint density at radius 1 is 1.33 bits per heavy atom. The Morgan fingerprint density at radius 2 is 1.67 bits per heavy atom. The van der Waals surface area contributed by atoms with Crippen LogP contribution in [0.3, 0.4) is 0 Å². The van der Waals surface area contributed by atoms with Crippen molar-refractivity contribution in [2.45, 2.75) is 6.18 Å². The first-order valence-corrected chi connectivity index (χ1v) is 1.86. The minimum absolute atomic E-state index is 1.76. The average Bonchev–Trinajstić information content (AvgIpc) is 1.62. The normalized spacial score (nSPS) is 11.1. The molecule has 0 bridgehead atoms. The average molecular weight is 141 g/mol. The maximum atomic E-state index is 11.5. The first-order chi connectivity index (χ1) is 3.85. The SMILES string of the molecule is C=C(F)C(=N)C(F)(F)F. The van der Waals surface area contributed by atoms with Crippen molar-refractivity contribution in [3.05, 3.63) is 12.4 Å². The van der Waals surface area contributed by atoms with Gasteiger partial charge in [0.1, 0.15) is 5.83 Å². The number of halogens is 4. The number of nitrogens with one attached hydrogen (secondary N) is 1. The molecule has 0 spiro atoms. The molecule has 1 nitrogen and oxygen atoms in total. The summed E-state index contributed by atoms with van der Waals surface area (Å²) < 4.78 is 45.0. The predicted octanol–water partition coefficient (Wildman–Crippen LogP) is 2.05. The van der Waals surface area contributed by atoms with Crippen LogP contribution < -0.4 is 0 Å². The topological polar surface area (TPSA) is 23.9 Å². The molecule has 52 valence electrons. The summed E-state index contributed by atoms with van der Waals surface area (Å²) in [6.07, 6.45) is -4.91. The minimum Gasteiger partial charge on any atom is -0.294 e. The van der Waals surface area contributed by atoms with Crippen molar-refractivity contribution in [2.75, 3.05) is 0 Å². The van der Waals surface area contributed by atoms with Gasteiger partial charge in [-0.3, -0.25) is 5.41 Å². The molecule has 1 N–H and O–H groups in total. The Bertz CT molecular complexity index is 145. The third-order valence-corrected chi connectivity index (χ3v) is 0.555. The van der Waals surface area contributed by atoms with Crippen molar-refractivity contribution in [3.63, 3.8) is 0 Å². The molecule has 0 aromatic carbocycles. The highest BCUT2D eigenvalue weighted by Gasteiger charge is 2.36. The highest BCUT2D eigenvalue weighted by atomic mass is 19.4. The zero-order valence-corrected chi connectivity index (χ0v) is 4.22. The molecule has 0 saturated carbocycles. The van der Waals surface area contributed by atoms with Crippen LogP contribution in [-0.2, 0) is 0 Å². The molecular weight excluding hydrogens is 138 g/mol. The summed E-state index contributed by atoms with van der Waals surface area (Å²) in [6, 6.07) is 0. The molecule has 0 aromatic rings. The van der Waals surface area contributed by atoms with Gasteiger partial charge in [-0.15, -0.1) is 0 Å². The van der Waals surface area contributed by atoms with Gasteiger partial charge >= 0.3 is 6.18 Å². The quantitative estimate of drug-likeness (QED) is 0.426. The number of hydrogen-bond acceptors (Lipinski definition) is 1. The van der Waals surface area contributed by atoms with E-state index < -0.39 is 17.7 Å². The zero-order chi connectivity index (χ0) is 7.65. The molecule has 0 unspecified atom stereocenters. The third-order valence-electron chi connectivity index (χ3n) is 0.555. The van der Waals surface area contributed by atoms with Crippen LogP contribution in [-0.4, -0.2) is 11.9 Å². The lowest BCUT2D eigenvalue weighted by molar-refractivity contribution is -0.0598. The molecule has 5 heteroatoms. The molecule has 0 rings (SSSR count). The number of rotatable bonds is 1. The van der Waals surface area contributed by atoms with Gasteiger partial charge in [0.05, 0.1) is 0 Å². The van der Waals surface area contributed by atoms with Crippen molar-refractivity contribution in [1.82, 2.24) is 0 Å². The number of alkyl halides is 3. The van der Waals surface area contributed by atoms with E-state index in [1.54, 1.807) is 0 Å².